The van der Waals surface area contributed by atoms with Crippen LogP contribution in [0.5, 0.6) is 0 Å². The van der Waals surface area contributed by atoms with Crippen LogP contribution in [0.4, 0.5) is 0 Å². The van der Waals surface area contributed by atoms with E-state index < -0.39 is 5.97 Å². The molecule has 1 aliphatic rings. The maximum Gasteiger partial charge on any atom is 0.309 e. The van der Waals surface area contributed by atoms with Crippen molar-refractivity contribution in [1.82, 2.24) is 4.90 Å². The van der Waals surface area contributed by atoms with Crippen LogP contribution in [0.3, 0.4) is 0 Å². The lowest BCUT2D eigenvalue weighted by atomic mass is 9.66. The summed E-state index contributed by atoms with van der Waals surface area (Å²) < 4.78 is 0. The SMILES string of the molecule is CC(C)N(C)CCC1(C(=O)O)CCC1. The summed E-state index contributed by atoms with van der Waals surface area (Å²) >= 11 is 0. The van der Waals surface area contributed by atoms with Crippen molar-refractivity contribution in [3.8, 4) is 0 Å². The third kappa shape index (κ3) is 2.27. The molecule has 0 heterocycles. The second kappa shape index (κ2) is 4.30. The Morgan fingerprint density at radius 3 is 2.36 bits per heavy atom. The summed E-state index contributed by atoms with van der Waals surface area (Å²) in [4.78, 5) is 13.3. The molecule has 1 rings (SSSR count). The van der Waals surface area contributed by atoms with E-state index >= 15 is 0 Å². The number of hydrogen-bond acceptors (Lipinski definition) is 2. The molecule has 0 atom stereocenters. The van der Waals surface area contributed by atoms with E-state index in [4.69, 9.17) is 5.11 Å². The number of hydrogen-bond donors (Lipinski definition) is 1. The molecular weight excluding hydrogens is 178 g/mol. The van der Waals surface area contributed by atoms with Gasteiger partial charge < -0.3 is 10.0 Å². The Balaban J connectivity index is 2.39. The molecule has 0 aromatic rings. The molecule has 0 unspecified atom stereocenters. The van der Waals surface area contributed by atoms with E-state index in [1.807, 2.05) is 0 Å². The van der Waals surface area contributed by atoms with Crippen molar-refractivity contribution >= 4 is 5.97 Å². The monoisotopic (exact) mass is 199 g/mol. The van der Waals surface area contributed by atoms with Crippen molar-refractivity contribution in [3.05, 3.63) is 0 Å². The Kier molecular flexibility index (Phi) is 3.53. The first kappa shape index (κ1) is 11.5. The van der Waals surface area contributed by atoms with Crippen LogP contribution in [0.15, 0.2) is 0 Å². The predicted octanol–water partition coefficient (Wildman–Crippen LogP) is 1.97. The van der Waals surface area contributed by atoms with Crippen molar-refractivity contribution in [1.29, 1.82) is 0 Å². The van der Waals surface area contributed by atoms with Crippen LogP contribution in [0, 0.1) is 5.41 Å². The lowest BCUT2D eigenvalue weighted by molar-refractivity contribution is -0.155. The zero-order chi connectivity index (χ0) is 10.8. The minimum Gasteiger partial charge on any atom is -0.481 e. The predicted molar refractivity (Wildman–Crippen MR) is 56.3 cm³/mol. The van der Waals surface area contributed by atoms with Gasteiger partial charge in [-0.1, -0.05) is 6.42 Å². The summed E-state index contributed by atoms with van der Waals surface area (Å²) in [5.41, 5.74) is -0.386. The standard InChI is InChI=1S/C11H21NO2/c1-9(2)12(3)8-7-11(10(13)14)5-4-6-11/h9H,4-8H2,1-3H3,(H,13,14). The quantitative estimate of drug-likeness (QED) is 0.736. The highest BCUT2D eigenvalue weighted by Gasteiger charge is 2.43. The molecule has 0 aliphatic heterocycles. The topological polar surface area (TPSA) is 40.5 Å². The van der Waals surface area contributed by atoms with E-state index in [2.05, 4.69) is 25.8 Å². The van der Waals surface area contributed by atoms with E-state index in [1.165, 1.54) is 0 Å². The normalized spacial score (nSPS) is 19.8. The highest BCUT2D eigenvalue weighted by atomic mass is 16.4. The van der Waals surface area contributed by atoms with Gasteiger partial charge in [0.05, 0.1) is 5.41 Å². The van der Waals surface area contributed by atoms with Gasteiger partial charge in [-0.2, -0.15) is 0 Å². The number of rotatable bonds is 5. The average Bonchev–Trinajstić information content (AvgIpc) is 2.00. The molecule has 14 heavy (non-hydrogen) atoms. The summed E-state index contributed by atoms with van der Waals surface area (Å²) in [6.45, 7) is 5.16. The first-order valence-electron chi connectivity index (χ1n) is 5.41. The van der Waals surface area contributed by atoms with Crippen molar-refractivity contribution < 1.29 is 9.90 Å². The van der Waals surface area contributed by atoms with E-state index in [0.29, 0.717) is 6.04 Å². The Labute approximate surface area is 86.1 Å². The molecule has 1 aliphatic carbocycles. The van der Waals surface area contributed by atoms with Crippen molar-refractivity contribution in [3.63, 3.8) is 0 Å². The maximum absolute atomic E-state index is 11.1. The van der Waals surface area contributed by atoms with E-state index in [1.54, 1.807) is 0 Å². The first-order valence-corrected chi connectivity index (χ1v) is 5.41. The van der Waals surface area contributed by atoms with Crippen LogP contribution in [0.1, 0.15) is 39.5 Å². The lowest BCUT2D eigenvalue weighted by Gasteiger charge is -2.39. The molecule has 1 saturated carbocycles. The van der Waals surface area contributed by atoms with E-state index in [9.17, 15) is 4.79 Å². The highest BCUT2D eigenvalue weighted by Crippen LogP contribution is 2.44. The zero-order valence-corrected chi connectivity index (χ0v) is 9.42. The molecule has 0 saturated heterocycles. The van der Waals surface area contributed by atoms with Crippen molar-refractivity contribution in [2.45, 2.75) is 45.6 Å². The van der Waals surface area contributed by atoms with Gasteiger partial charge in [-0.05, 0) is 46.7 Å². The van der Waals surface area contributed by atoms with Gasteiger partial charge in [-0.15, -0.1) is 0 Å². The van der Waals surface area contributed by atoms with Gasteiger partial charge in [-0.25, -0.2) is 0 Å². The van der Waals surface area contributed by atoms with Gasteiger partial charge in [0.2, 0.25) is 0 Å². The number of carbonyl (C=O) groups is 1. The fraction of sp³-hybridized carbons (Fsp3) is 0.909. The minimum atomic E-state index is -0.596. The van der Waals surface area contributed by atoms with Crippen LogP contribution in [-0.2, 0) is 4.79 Å². The number of nitrogens with zero attached hydrogens (tertiary/aromatic N) is 1. The maximum atomic E-state index is 11.1. The first-order chi connectivity index (χ1) is 6.48. The summed E-state index contributed by atoms with van der Waals surface area (Å²) in [5.74, 6) is -0.596. The van der Waals surface area contributed by atoms with Gasteiger partial charge in [0, 0.05) is 6.04 Å². The van der Waals surface area contributed by atoms with E-state index in [-0.39, 0.29) is 5.41 Å². The van der Waals surface area contributed by atoms with Crippen LogP contribution in [0.25, 0.3) is 0 Å². The summed E-state index contributed by atoms with van der Waals surface area (Å²) in [5, 5.41) is 9.12. The largest absolute Gasteiger partial charge is 0.481 e. The molecule has 0 radical (unpaired) electrons. The molecule has 0 aromatic carbocycles. The van der Waals surface area contributed by atoms with Crippen LogP contribution < -0.4 is 0 Å². The van der Waals surface area contributed by atoms with Crippen molar-refractivity contribution in [2.75, 3.05) is 13.6 Å². The average molecular weight is 199 g/mol. The number of carboxylic acid groups (broad SMARTS) is 1. The van der Waals surface area contributed by atoms with E-state index in [0.717, 1.165) is 32.2 Å². The Morgan fingerprint density at radius 1 is 1.50 bits per heavy atom. The number of aliphatic carboxylic acids is 1. The van der Waals surface area contributed by atoms with Gasteiger partial charge in [0.1, 0.15) is 0 Å². The Hall–Kier alpha value is -0.570. The van der Waals surface area contributed by atoms with Gasteiger partial charge in [0.15, 0.2) is 0 Å². The Bertz CT molecular complexity index is 209. The lowest BCUT2D eigenvalue weighted by Crippen LogP contribution is -2.41. The van der Waals surface area contributed by atoms with Crippen LogP contribution in [-0.4, -0.2) is 35.6 Å². The Morgan fingerprint density at radius 2 is 2.07 bits per heavy atom. The molecule has 3 heteroatoms. The smallest absolute Gasteiger partial charge is 0.309 e. The highest BCUT2D eigenvalue weighted by molar-refractivity contribution is 5.75. The third-order valence-electron chi connectivity index (χ3n) is 3.59. The molecule has 0 aromatic heterocycles. The molecule has 1 fully saturated rings. The summed E-state index contributed by atoms with van der Waals surface area (Å²) in [6.07, 6.45) is 3.62. The molecular formula is C11H21NO2. The molecule has 0 bridgehead atoms. The van der Waals surface area contributed by atoms with Crippen LogP contribution in [0.2, 0.25) is 0 Å². The summed E-state index contributed by atoms with van der Waals surface area (Å²) in [7, 11) is 2.05. The van der Waals surface area contributed by atoms with Crippen molar-refractivity contribution in [2.24, 2.45) is 5.41 Å². The summed E-state index contributed by atoms with van der Waals surface area (Å²) in [6, 6.07) is 0.501. The second-order valence-corrected chi connectivity index (χ2v) is 4.76. The second-order valence-electron chi connectivity index (χ2n) is 4.76. The van der Waals surface area contributed by atoms with Gasteiger partial charge in [-0.3, -0.25) is 4.79 Å². The molecule has 0 spiro atoms. The van der Waals surface area contributed by atoms with Crippen LogP contribution >= 0.6 is 0 Å². The fourth-order valence-electron chi connectivity index (χ4n) is 1.82. The molecule has 3 nitrogen and oxygen atoms in total. The zero-order valence-electron chi connectivity index (χ0n) is 9.42. The van der Waals surface area contributed by atoms with Gasteiger partial charge >= 0.3 is 5.97 Å². The molecule has 0 amide bonds. The minimum absolute atomic E-state index is 0.386. The molecule has 82 valence electrons. The number of carboxylic acids is 1. The van der Waals surface area contributed by atoms with Gasteiger partial charge in [0.25, 0.3) is 0 Å². The molecule has 1 N–H and O–H groups in total. The fourth-order valence-corrected chi connectivity index (χ4v) is 1.82. The third-order valence-corrected chi connectivity index (χ3v) is 3.59.